The van der Waals surface area contributed by atoms with Crippen molar-refractivity contribution in [2.75, 3.05) is 6.61 Å². The van der Waals surface area contributed by atoms with Crippen LogP contribution in [0.2, 0.25) is 0 Å². The predicted octanol–water partition coefficient (Wildman–Crippen LogP) is 0.726. The Hall–Kier alpha value is -0.570. The highest BCUT2D eigenvalue weighted by atomic mass is 16.4. The average Bonchev–Trinajstić information content (AvgIpc) is 2.65. The molecule has 64 valence electrons. The standard InChI is InChI=1S/C8H14O3/c1-8(2,4-9)6-3-5(6)7(10)11/h5-6,9H,3-4H2,1-2H3,(H,10,11). The molecule has 0 bridgehead atoms. The molecule has 3 heteroatoms. The molecule has 1 aliphatic rings. The first-order valence-electron chi connectivity index (χ1n) is 3.82. The molecule has 2 N–H and O–H groups in total. The summed E-state index contributed by atoms with van der Waals surface area (Å²) in [5, 5.41) is 17.5. The van der Waals surface area contributed by atoms with Crippen molar-refractivity contribution in [3.63, 3.8) is 0 Å². The van der Waals surface area contributed by atoms with Gasteiger partial charge >= 0.3 is 5.97 Å². The molecular weight excluding hydrogens is 144 g/mol. The number of carboxylic acid groups (broad SMARTS) is 1. The Balaban J connectivity index is 2.49. The molecule has 0 aliphatic heterocycles. The number of rotatable bonds is 3. The quantitative estimate of drug-likeness (QED) is 0.636. The van der Waals surface area contributed by atoms with Crippen LogP contribution in [0.25, 0.3) is 0 Å². The van der Waals surface area contributed by atoms with Gasteiger partial charge in [0.25, 0.3) is 0 Å². The maximum absolute atomic E-state index is 10.5. The first kappa shape index (κ1) is 8.53. The fourth-order valence-electron chi connectivity index (χ4n) is 1.45. The summed E-state index contributed by atoms with van der Waals surface area (Å²) in [6.45, 7) is 3.88. The van der Waals surface area contributed by atoms with E-state index >= 15 is 0 Å². The minimum atomic E-state index is -0.725. The maximum Gasteiger partial charge on any atom is 0.306 e. The molecule has 1 aliphatic carbocycles. The summed E-state index contributed by atoms with van der Waals surface area (Å²) in [5.74, 6) is -0.765. The Morgan fingerprint density at radius 1 is 1.64 bits per heavy atom. The number of aliphatic carboxylic acids is 1. The highest BCUT2D eigenvalue weighted by molar-refractivity contribution is 5.73. The van der Waals surface area contributed by atoms with E-state index in [-0.39, 0.29) is 23.9 Å². The summed E-state index contributed by atoms with van der Waals surface area (Å²) in [6.07, 6.45) is 0.725. The lowest BCUT2D eigenvalue weighted by molar-refractivity contribution is -0.139. The van der Waals surface area contributed by atoms with Gasteiger partial charge < -0.3 is 10.2 Å². The van der Waals surface area contributed by atoms with Crippen LogP contribution in [0.1, 0.15) is 20.3 Å². The van der Waals surface area contributed by atoms with Gasteiger partial charge in [-0.2, -0.15) is 0 Å². The van der Waals surface area contributed by atoms with E-state index < -0.39 is 5.97 Å². The molecule has 0 aromatic rings. The molecule has 0 heterocycles. The molecule has 0 aromatic heterocycles. The summed E-state index contributed by atoms with van der Waals surface area (Å²) in [7, 11) is 0. The van der Waals surface area contributed by atoms with E-state index in [0.717, 1.165) is 6.42 Å². The third-order valence-corrected chi connectivity index (χ3v) is 2.52. The van der Waals surface area contributed by atoms with Crippen molar-refractivity contribution in [1.29, 1.82) is 0 Å². The van der Waals surface area contributed by atoms with Crippen LogP contribution in [0.15, 0.2) is 0 Å². The molecule has 1 fully saturated rings. The molecule has 0 aromatic carbocycles. The zero-order valence-electron chi connectivity index (χ0n) is 6.87. The molecule has 1 rings (SSSR count). The van der Waals surface area contributed by atoms with Crippen molar-refractivity contribution in [2.24, 2.45) is 17.3 Å². The Morgan fingerprint density at radius 3 is 2.45 bits per heavy atom. The Bertz CT molecular complexity index is 174. The van der Waals surface area contributed by atoms with E-state index in [0.29, 0.717) is 0 Å². The second-order valence-electron chi connectivity index (χ2n) is 3.93. The molecule has 11 heavy (non-hydrogen) atoms. The van der Waals surface area contributed by atoms with Gasteiger partial charge in [0, 0.05) is 6.61 Å². The van der Waals surface area contributed by atoms with Crippen LogP contribution in [0.3, 0.4) is 0 Å². The van der Waals surface area contributed by atoms with Crippen molar-refractivity contribution >= 4 is 5.97 Å². The highest BCUT2D eigenvalue weighted by Gasteiger charge is 2.51. The summed E-state index contributed by atoms with van der Waals surface area (Å²) in [6, 6.07) is 0. The third kappa shape index (κ3) is 1.53. The lowest BCUT2D eigenvalue weighted by atomic mass is 9.87. The summed E-state index contributed by atoms with van der Waals surface area (Å²) < 4.78 is 0. The second kappa shape index (κ2) is 2.48. The van der Waals surface area contributed by atoms with Gasteiger partial charge in [-0.3, -0.25) is 4.79 Å². The average molecular weight is 158 g/mol. The second-order valence-corrected chi connectivity index (χ2v) is 3.93. The van der Waals surface area contributed by atoms with E-state index in [1.54, 1.807) is 0 Å². The van der Waals surface area contributed by atoms with Crippen LogP contribution in [0.5, 0.6) is 0 Å². The minimum Gasteiger partial charge on any atom is -0.481 e. The molecule has 0 saturated heterocycles. The monoisotopic (exact) mass is 158 g/mol. The van der Waals surface area contributed by atoms with Gasteiger partial charge in [-0.25, -0.2) is 0 Å². The molecule has 2 unspecified atom stereocenters. The molecular formula is C8H14O3. The SMILES string of the molecule is CC(C)(CO)C1CC1C(=O)O. The predicted molar refractivity (Wildman–Crippen MR) is 40.1 cm³/mol. The van der Waals surface area contributed by atoms with Gasteiger partial charge in [-0.05, 0) is 17.8 Å². The van der Waals surface area contributed by atoms with Crippen molar-refractivity contribution in [2.45, 2.75) is 20.3 Å². The first-order valence-corrected chi connectivity index (χ1v) is 3.82. The Kier molecular flexibility index (Phi) is 1.92. The van der Waals surface area contributed by atoms with Crippen LogP contribution < -0.4 is 0 Å². The van der Waals surface area contributed by atoms with Crippen molar-refractivity contribution in [3.05, 3.63) is 0 Å². The van der Waals surface area contributed by atoms with E-state index in [1.165, 1.54) is 0 Å². The van der Waals surface area contributed by atoms with Crippen LogP contribution in [-0.2, 0) is 4.79 Å². The summed E-state index contributed by atoms with van der Waals surface area (Å²) >= 11 is 0. The minimum absolute atomic E-state index is 0.0709. The number of hydrogen-bond acceptors (Lipinski definition) is 2. The van der Waals surface area contributed by atoms with Gasteiger partial charge in [0.2, 0.25) is 0 Å². The van der Waals surface area contributed by atoms with Crippen molar-refractivity contribution < 1.29 is 15.0 Å². The first-order chi connectivity index (χ1) is 4.99. The third-order valence-electron chi connectivity index (χ3n) is 2.52. The zero-order valence-corrected chi connectivity index (χ0v) is 6.87. The Labute approximate surface area is 66.0 Å². The van der Waals surface area contributed by atoms with Crippen molar-refractivity contribution in [3.8, 4) is 0 Å². The number of carboxylic acids is 1. The number of hydrogen-bond donors (Lipinski definition) is 2. The van der Waals surface area contributed by atoms with E-state index in [4.69, 9.17) is 10.2 Å². The van der Waals surface area contributed by atoms with E-state index in [2.05, 4.69) is 0 Å². The lowest BCUT2D eigenvalue weighted by Crippen LogP contribution is -2.21. The van der Waals surface area contributed by atoms with Gasteiger partial charge in [-0.1, -0.05) is 13.8 Å². The number of carbonyl (C=O) groups is 1. The molecule has 0 spiro atoms. The number of aliphatic hydroxyl groups excluding tert-OH is 1. The van der Waals surface area contributed by atoms with Crippen molar-refractivity contribution in [1.82, 2.24) is 0 Å². The smallest absolute Gasteiger partial charge is 0.306 e. The zero-order chi connectivity index (χ0) is 8.65. The summed E-state index contributed by atoms with van der Waals surface area (Å²) in [5.41, 5.74) is -0.219. The molecule has 3 nitrogen and oxygen atoms in total. The largest absolute Gasteiger partial charge is 0.481 e. The van der Waals surface area contributed by atoms with Gasteiger partial charge in [0.15, 0.2) is 0 Å². The van der Waals surface area contributed by atoms with Crippen LogP contribution >= 0.6 is 0 Å². The topological polar surface area (TPSA) is 57.5 Å². The van der Waals surface area contributed by atoms with Gasteiger partial charge in [0.05, 0.1) is 5.92 Å². The molecule has 0 radical (unpaired) electrons. The van der Waals surface area contributed by atoms with Gasteiger partial charge in [0.1, 0.15) is 0 Å². The lowest BCUT2D eigenvalue weighted by Gasteiger charge is -2.20. The number of aliphatic hydroxyl groups is 1. The van der Waals surface area contributed by atoms with E-state index in [1.807, 2.05) is 13.8 Å². The fourth-order valence-corrected chi connectivity index (χ4v) is 1.45. The summed E-state index contributed by atoms with van der Waals surface area (Å²) in [4.78, 5) is 10.5. The molecule has 2 atom stereocenters. The Morgan fingerprint density at radius 2 is 2.18 bits per heavy atom. The normalized spacial score (nSPS) is 30.1. The molecule has 0 amide bonds. The van der Waals surface area contributed by atoms with E-state index in [9.17, 15) is 4.79 Å². The van der Waals surface area contributed by atoms with Crippen LogP contribution in [-0.4, -0.2) is 22.8 Å². The highest BCUT2D eigenvalue weighted by Crippen LogP contribution is 2.50. The fraction of sp³-hybridized carbons (Fsp3) is 0.875. The van der Waals surface area contributed by atoms with Gasteiger partial charge in [-0.15, -0.1) is 0 Å². The van der Waals surface area contributed by atoms with Crippen LogP contribution in [0.4, 0.5) is 0 Å². The molecule has 1 saturated carbocycles. The maximum atomic E-state index is 10.5. The van der Waals surface area contributed by atoms with Crippen LogP contribution in [0, 0.1) is 17.3 Å².